The Labute approximate surface area is 60.7 Å². The van der Waals surface area contributed by atoms with Crippen LogP contribution in [0.4, 0.5) is 0 Å². The first kappa shape index (κ1) is 9.34. The smallest absolute Gasteiger partial charge is 0 e. The Kier molecular flexibility index (Phi) is 16.6. The minimum Gasteiger partial charge on any atom is 0 e. The van der Waals surface area contributed by atoms with Crippen molar-refractivity contribution in [1.82, 2.24) is 0 Å². The second-order valence-corrected chi connectivity index (χ2v) is 1.10. The Bertz CT molecular complexity index is 44.9. The molecule has 0 amide bonds. The maximum absolute atomic E-state index is 7.38. The van der Waals surface area contributed by atoms with Crippen molar-refractivity contribution in [2.75, 3.05) is 0 Å². The van der Waals surface area contributed by atoms with Crippen LogP contribution in [0.1, 0.15) is 0 Å². The monoisotopic (exact) mass is 299 g/mol. The summed E-state index contributed by atoms with van der Waals surface area (Å²) in [5.41, 5.74) is 7.38. The standard InChI is InChI=1S/N3.Pb.Ti.H/c1-3-2;;;/q-1;+1;;. The third-order valence-corrected chi connectivity index (χ3v) is 0.453. The first-order valence-corrected chi connectivity index (χ1v) is 2.67. The van der Waals surface area contributed by atoms with Crippen molar-refractivity contribution in [3.05, 3.63) is 10.4 Å². The fourth-order valence-corrected chi connectivity index (χ4v) is 0. The van der Waals surface area contributed by atoms with Crippen LogP contribution < -0.4 is 0 Å². The Morgan fingerprint density at radius 1 is 1.80 bits per heavy atom. The second-order valence-electron chi connectivity index (χ2n) is 0.205. The van der Waals surface area contributed by atoms with Crippen LogP contribution in [0.5, 0.6) is 0 Å². The van der Waals surface area contributed by atoms with Crippen LogP contribution in [-0.2, 0) is 21.7 Å². The molecule has 0 aliphatic carbocycles. The van der Waals surface area contributed by atoms with Gasteiger partial charge in [0.1, 0.15) is 0 Å². The quantitative estimate of drug-likeness (QED) is 0.264. The van der Waals surface area contributed by atoms with E-state index in [0.29, 0.717) is 26.1 Å². The molecular weight excluding hydrogens is 297 g/mol. The number of hydrogen-bond acceptors (Lipinski definition) is 1. The Hall–Kier alpha value is 0.946. The summed E-state index contributed by atoms with van der Waals surface area (Å²) in [6.07, 6.45) is 0. The van der Waals surface area contributed by atoms with Gasteiger partial charge in [-0.2, -0.15) is 0 Å². The number of azide groups is 1. The molecule has 0 fully saturated rings. The van der Waals surface area contributed by atoms with Gasteiger partial charge >= 0.3 is 39.4 Å². The number of rotatable bonds is 0. The van der Waals surface area contributed by atoms with Gasteiger partial charge in [-0.1, -0.05) is 0 Å². The van der Waals surface area contributed by atoms with Gasteiger partial charge in [-0.25, -0.2) is 0 Å². The minimum absolute atomic E-state index is 0. The molecular formula is HN3PbTi. The van der Waals surface area contributed by atoms with Gasteiger partial charge in [-0.3, -0.25) is 0 Å². The fourth-order valence-electron chi connectivity index (χ4n) is 0. The van der Waals surface area contributed by atoms with Crippen molar-refractivity contribution >= 4 is 26.1 Å². The molecule has 3 nitrogen and oxygen atoms in total. The number of hydrogen-bond donors (Lipinski definition) is 0. The summed E-state index contributed by atoms with van der Waals surface area (Å²) < 4.78 is 3.08. The number of nitrogens with zero attached hydrogens (tertiary/aromatic N) is 3. The summed E-state index contributed by atoms with van der Waals surface area (Å²) in [5.74, 6) is 0. The van der Waals surface area contributed by atoms with Gasteiger partial charge in [-0.15, -0.1) is 0 Å². The van der Waals surface area contributed by atoms with Crippen LogP contribution in [0.25, 0.3) is 10.4 Å². The van der Waals surface area contributed by atoms with E-state index in [-0.39, 0.29) is 21.7 Å². The minimum atomic E-state index is 0. The molecule has 0 unspecified atom stereocenters. The molecule has 0 atom stereocenters. The maximum Gasteiger partial charge on any atom is 0 e. The zero-order chi connectivity index (χ0) is 3.41. The first-order valence-electron chi connectivity index (χ1n) is 0.658. The fraction of sp³-hybridized carbons (Fsp3) is 0. The largest absolute Gasteiger partial charge is 0 e. The molecule has 0 saturated heterocycles. The van der Waals surface area contributed by atoms with Gasteiger partial charge < -0.3 is 0 Å². The zero-order valence-electron chi connectivity index (χ0n) is 2.42. The van der Waals surface area contributed by atoms with E-state index >= 15 is 0 Å². The van der Waals surface area contributed by atoms with Crippen molar-refractivity contribution in [2.24, 2.45) is 2.92 Å². The van der Waals surface area contributed by atoms with Crippen molar-refractivity contribution in [3.8, 4) is 0 Å². The molecule has 0 aromatic heterocycles. The molecule has 0 aromatic rings. The summed E-state index contributed by atoms with van der Waals surface area (Å²) >= 11 is 0.440. The predicted octanol–water partition coefficient (Wildman–Crippen LogP) is 0.110. The van der Waals surface area contributed by atoms with Crippen LogP contribution in [0, 0.1) is 0 Å². The van der Waals surface area contributed by atoms with E-state index in [2.05, 4.69) is 7.84 Å². The van der Waals surface area contributed by atoms with E-state index in [0.717, 1.165) is 0 Å². The molecule has 0 heterocycles. The Balaban J connectivity index is 0. The molecule has 0 spiro atoms. The van der Waals surface area contributed by atoms with E-state index in [9.17, 15) is 0 Å². The molecule has 5 heavy (non-hydrogen) atoms. The van der Waals surface area contributed by atoms with Crippen molar-refractivity contribution in [3.63, 3.8) is 0 Å². The van der Waals surface area contributed by atoms with Crippen LogP contribution in [-0.4, -0.2) is 26.1 Å². The van der Waals surface area contributed by atoms with Gasteiger partial charge in [-0.05, 0) is 0 Å². The molecule has 0 aliphatic rings. The summed E-state index contributed by atoms with van der Waals surface area (Å²) in [5, 5.41) is 0. The van der Waals surface area contributed by atoms with Crippen LogP contribution in [0.2, 0.25) is 0 Å². The van der Waals surface area contributed by atoms with Crippen LogP contribution in [0.3, 0.4) is 0 Å². The molecule has 5 heteroatoms. The Morgan fingerprint density at radius 3 is 2.00 bits per heavy atom. The van der Waals surface area contributed by atoms with Gasteiger partial charge in [0.25, 0.3) is 0 Å². The third kappa shape index (κ3) is 11.3. The average Bonchev–Trinajstić information content (AvgIpc) is 1.37. The Morgan fingerprint density at radius 2 is 2.00 bits per heavy atom. The second kappa shape index (κ2) is 8.87. The molecule has 0 saturated carbocycles. The van der Waals surface area contributed by atoms with Gasteiger partial charge in [0, 0.05) is 21.7 Å². The third-order valence-electron chi connectivity index (χ3n) is 0.0516. The predicted molar refractivity (Wildman–Crippen MR) is 16.3 cm³/mol. The zero-order valence-corrected chi connectivity index (χ0v) is 8.47. The molecule has 24 valence electrons. The van der Waals surface area contributed by atoms with E-state index in [4.69, 9.17) is 5.53 Å². The van der Waals surface area contributed by atoms with E-state index in [1.165, 1.54) is 0 Å². The first-order chi connectivity index (χ1) is 1.91. The van der Waals surface area contributed by atoms with Gasteiger partial charge in [0.05, 0.1) is 0 Å². The summed E-state index contributed by atoms with van der Waals surface area (Å²) in [6, 6.07) is 0. The van der Waals surface area contributed by atoms with Crippen molar-refractivity contribution in [2.45, 2.75) is 0 Å². The SMILES string of the molecule is [N-]=[N+]=[N][PbH].[Ti]. The molecule has 0 aromatic carbocycles. The molecule has 2 radical (unpaired) electrons. The molecule has 0 rings (SSSR count). The van der Waals surface area contributed by atoms with E-state index in [1.807, 2.05) is 0 Å². The molecule has 0 N–H and O–H groups in total. The van der Waals surface area contributed by atoms with Crippen molar-refractivity contribution < 1.29 is 21.7 Å². The van der Waals surface area contributed by atoms with E-state index < -0.39 is 0 Å². The molecule has 0 aliphatic heterocycles. The normalized spacial score (nSPS) is 3.40. The summed E-state index contributed by atoms with van der Waals surface area (Å²) in [4.78, 5) is 2.44. The van der Waals surface area contributed by atoms with Crippen molar-refractivity contribution in [1.29, 1.82) is 0 Å². The maximum atomic E-state index is 7.38. The summed E-state index contributed by atoms with van der Waals surface area (Å²) in [6.45, 7) is 0. The summed E-state index contributed by atoms with van der Waals surface area (Å²) in [7, 11) is 0. The van der Waals surface area contributed by atoms with Crippen LogP contribution >= 0.6 is 0 Å². The van der Waals surface area contributed by atoms with Gasteiger partial charge in [0.2, 0.25) is 0 Å². The van der Waals surface area contributed by atoms with Gasteiger partial charge in [0.15, 0.2) is 0 Å². The van der Waals surface area contributed by atoms with E-state index in [1.54, 1.807) is 0 Å². The molecule has 0 bridgehead atoms. The average molecular weight is 298 g/mol. The van der Waals surface area contributed by atoms with Crippen LogP contribution in [0.15, 0.2) is 2.92 Å². The topological polar surface area (TPSA) is 48.8 Å².